The lowest BCUT2D eigenvalue weighted by Crippen LogP contribution is -2.14. The molecule has 9 nitrogen and oxygen atoms in total. The predicted molar refractivity (Wildman–Crippen MR) is 131 cm³/mol. The molecule has 0 radical (unpaired) electrons. The Balaban J connectivity index is 1.51. The van der Waals surface area contributed by atoms with Crippen LogP contribution in [-0.4, -0.2) is 34.3 Å². The molecule has 0 spiro atoms. The van der Waals surface area contributed by atoms with Crippen LogP contribution in [-0.2, 0) is 16.4 Å². The van der Waals surface area contributed by atoms with Gasteiger partial charge in [-0.3, -0.25) is 10.1 Å². The molecule has 0 aliphatic carbocycles. The highest BCUT2D eigenvalue weighted by atomic mass is 35.5. The standard InChI is InChI=1S/C22H21ClN6O3S2/c1-12-4-7-16(23)11-18(12)29-14(3)20(27-28-29)21(30)26-22-25-13(2)19(33-22)10-15-5-8-17(9-6-15)34(24,31)32/h4-9,11H,10H2,1-3H3,(H2,24,31,32)(H,25,26,30). The first kappa shape index (κ1) is 24.0. The number of nitrogens with two attached hydrogens (primary N) is 1. The predicted octanol–water partition coefficient (Wildman–Crippen LogP) is 3.79. The molecule has 0 saturated carbocycles. The van der Waals surface area contributed by atoms with Crippen LogP contribution in [0.1, 0.15) is 37.9 Å². The topological polar surface area (TPSA) is 133 Å². The summed E-state index contributed by atoms with van der Waals surface area (Å²) in [6.07, 6.45) is 0.535. The van der Waals surface area contributed by atoms with Gasteiger partial charge in [-0.1, -0.05) is 35.0 Å². The molecule has 0 fully saturated rings. The largest absolute Gasteiger partial charge is 0.296 e. The molecule has 1 amide bonds. The summed E-state index contributed by atoms with van der Waals surface area (Å²) < 4.78 is 24.4. The Bertz CT molecular complexity index is 1490. The third kappa shape index (κ3) is 5.02. The van der Waals surface area contributed by atoms with Crippen molar-refractivity contribution in [3.8, 4) is 5.69 Å². The Hall–Kier alpha value is -3.12. The molecular formula is C22H21ClN6O3S2. The van der Waals surface area contributed by atoms with Crippen molar-refractivity contribution in [3.63, 3.8) is 0 Å². The van der Waals surface area contributed by atoms with Gasteiger partial charge in [0.1, 0.15) is 0 Å². The van der Waals surface area contributed by atoms with Gasteiger partial charge in [-0.2, -0.15) is 0 Å². The number of benzene rings is 2. The number of amides is 1. The van der Waals surface area contributed by atoms with Gasteiger partial charge in [-0.25, -0.2) is 23.2 Å². The van der Waals surface area contributed by atoms with Crippen molar-refractivity contribution in [2.45, 2.75) is 32.1 Å². The third-order valence-electron chi connectivity index (χ3n) is 5.24. The summed E-state index contributed by atoms with van der Waals surface area (Å²) in [6.45, 7) is 5.54. The lowest BCUT2D eigenvalue weighted by molar-refractivity contribution is 0.102. The number of rotatable bonds is 6. The number of nitrogens with zero attached hydrogens (tertiary/aromatic N) is 4. The van der Waals surface area contributed by atoms with E-state index in [1.165, 1.54) is 23.5 Å². The number of hydrogen-bond acceptors (Lipinski definition) is 7. The van der Waals surface area contributed by atoms with Gasteiger partial charge in [0.2, 0.25) is 10.0 Å². The van der Waals surface area contributed by atoms with Crippen LogP contribution in [0.25, 0.3) is 5.69 Å². The van der Waals surface area contributed by atoms with Crippen molar-refractivity contribution in [1.82, 2.24) is 20.0 Å². The molecule has 12 heteroatoms. The molecule has 4 aromatic rings. The summed E-state index contributed by atoms with van der Waals surface area (Å²) in [4.78, 5) is 18.3. The molecule has 3 N–H and O–H groups in total. The maximum Gasteiger partial charge on any atom is 0.279 e. The Kier molecular flexibility index (Phi) is 6.54. The lowest BCUT2D eigenvalue weighted by atomic mass is 10.1. The zero-order valence-electron chi connectivity index (χ0n) is 18.5. The smallest absolute Gasteiger partial charge is 0.279 e. The molecule has 2 heterocycles. The number of halogens is 1. The first-order valence-corrected chi connectivity index (χ1v) is 12.8. The quantitative estimate of drug-likeness (QED) is 0.400. The first-order valence-electron chi connectivity index (χ1n) is 10.1. The van der Waals surface area contributed by atoms with Gasteiger partial charge >= 0.3 is 0 Å². The SMILES string of the molecule is Cc1ccc(Cl)cc1-n1nnc(C(=O)Nc2nc(C)c(Cc3ccc(S(N)(=O)=O)cc3)s2)c1C. The number of aromatic nitrogens is 4. The van der Waals surface area contributed by atoms with E-state index in [4.69, 9.17) is 16.7 Å². The number of hydrogen-bond donors (Lipinski definition) is 2. The number of sulfonamides is 1. The molecule has 0 atom stereocenters. The van der Waals surface area contributed by atoms with Gasteiger partial charge < -0.3 is 0 Å². The maximum absolute atomic E-state index is 12.9. The monoisotopic (exact) mass is 516 g/mol. The van der Waals surface area contributed by atoms with E-state index in [2.05, 4.69) is 20.6 Å². The highest BCUT2D eigenvalue weighted by molar-refractivity contribution is 7.89. The van der Waals surface area contributed by atoms with E-state index in [0.29, 0.717) is 22.3 Å². The second-order valence-corrected chi connectivity index (χ2v) is 10.8. The highest BCUT2D eigenvalue weighted by Crippen LogP contribution is 2.27. The van der Waals surface area contributed by atoms with E-state index in [-0.39, 0.29) is 10.6 Å². The second-order valence-electron chi connectivity index (χ2n) is 7.71. The van der Waals surface area contributed by atoms with Crippen molar-refractivity contribution in [2.24, 2.45) is 5.14 Å². The summed E-state index contributed by atoms with van der Waals surface area (Å²) >= 11 is 7.46. The second kappa shape index (κ2) is 9.26. The minimum Gasteiger partial charge on any atom is -0.296 e. The molecule has 2 aromatic heterocycles. The number of anilines is 1. The fourth-order valence-corrected chi connectivity index (χ4v) is 5.04. The average Bonchev–Trinajstić information content (AvgIpc) is 3.31. The van der Waals surface area contributed by atoms with Gasteiger partial charge in [-0.15, -0.1) is 16.4 Å². The van der Waals surface area contributed by atoms with Crippen molar-refractivity contribution in [2.75, 3.05) is 5.32 Å². The van der Waals surface area contributed by atoms with Crippen LogP contribution < -0.4 is 10.5 Å². The van der Waals surface area contributed by atoms with Crippen LogP contribution in [0.15, 0.2) is 47.4 Å². The number of carbonyl (C=O) groups is 1. The van der Waals surface area contributed by atoms with Crippen LogP contribution in [0.3, 0.4) is 0 Å². The summed E-state index contributed by atoms with van der Waals surface area (Å²) in [5, 5.41) is 17.1. The number of nitrogens with one attached hydrogen (secondary N) is 1. The van der Waals surface area contributed by atoms with Gasteiger partial charge in [0.25, 0.3) is 5.91 Å². The number of carbonyl (C=O) groups excluding carboxylic acids is 1. The molecular weight excluding hydrogens is 496 g/mol. The van der Waals surface area contributed by atoms with Crippen LogP contribution in [0.5, 0.6) is 0 Å². The molecule has 34 heavy (non-hydrogen) atoms. The third-order valence-corrected chi connectivity index (χ3v) is 7.48. The summed E-state index contributed by atoms with van der Waals surface area (Å²) in [5.74, 6) is -0.416. The van der Waals surface area contributed by atoms with E-state index >= 15 is 0 Å². The molecule has 4 rings (SSSR count). The highest BCUT2D eigenvalue weighted by Gasteiger charge is 2.20. The Morgan fingerprint density at radius 1 is 1.15 bits per heavy atom. The molecule has 2 aromatic carbocycles. The minimum atomic E-state index is -3.74. The summed E-state index contributed by atoms with van der Waals surface area (Å²) in [5.41, 5.74) is 4.12. The Morgan fingerprint density at radius 3 is 2.53 bits per heavy atom. The fraction of sp³-hybridized carbons (Fsp3) is 0.182. The van der Waals surface area contributed by atoms with E-state index in [1.54, 1.807) is 35.9 Å². The van der Waals surface area contributed by atoms with Crippen molar-refractivity contribution in [1.29, 1.82) is 0 Å². The molecule has 0 aliphatic heterocycles. The van der Waals surface area contributed by atoms with Crippen LogP contribution in [0.4, 0.5) is 5.13 Å². The first-order chi connectivity index (χ1) is 16.0. The zero-order chi connectivity index (χ0) is 24.6. The van der Waals surface area contributed by atoms with Gasteiger partial charge in [0.05, 0.1) is 22.0 Å². The molecule has 0 bridgehead atoms. The van der Waals surface area contributed by atoms with Gasteiger partial charge in [0, 0.05) is 16.3 Å². The van der Waals surface area contributed by atoms with E-state index in [9.17, 15) is 13.2 Å². The van der Waals surface area contributed by atoms with Crippen LogP contribution >= 0.6 is 22.9 Å². The Morgan fingerprint density at radius 2 is 1.85 bits per heavy atom. The zero-order valence-corrected chi connectivity index (χ0v) is 20.9. The van der Waals surface area contributed by atoms with Gasteiger partial charge in [0.15, 0.2) is 10.8 Å². The average molecular weight is 517 g/mol. The number of aryl methyl sites for hydroxylation is 2. The van der Waals surface area contributed by atoms with Crippen LogP contribution in [0, 0.1) is 20.8 Å². The van der Waals surface area contributed by atoms with Crippen molar-refractivity contribution < 1.29 is 13.2 Å². The van der Waals surface area contributed by atoms with Crippen molar-refractivity contribution >= 4 is 44.0 Å². The van der Waals surface area contributed by atoms with Gasteiger partial charge in [-0.05, 0) is 56.2 Å². The molecule has 176 valence electrons. The molecule has 0 saturated heterocycles. The van der Waals surface area contributed by atoms with Crippen LogP contribution in [0.2, 0.25) is 5.02 Å². The minimum absolute atomic E-state index is 0.0570. The lowest BCUT2D eigenvalue weighted by Gasteiger charge is -2.07. The van der Waals surface area contributed by atoms with E-state index in [1.807, 2.05) is 19.9 Å². The normalized spacial score (nSPS) is 11.6. The molecule has 0 unspecified atom stereocenters. The number of primary sulfonamides is 1. The number of thiazole rings is 1. The summed E-state index contributed by atoms with van der Waals surface area (Å²) in [7, 11) is -3.74. The molecule has 0 aliphatic rings. The summed E-state index contributed by atoms with van der Waals surface area (Å²) in [6, 6.07) is 11.8. The van der Waals surface area contributed by atoms with Crippen molar-refractivity contribution in [3.05, 3.63) is 80.6 Å². The Labute approximate surface area is 205 Å². The van der Waals surface area contributed by atoms with E-state index in [0.717, 1.165) is 27.4 Å². The van der Waals surface area contributed by atoms with E-state index < -0.39 is 15.9 Å². The maximum atomic E-state index is 12.9. The fourth-order valence-electron chi connectivity index (χ4n) is 3.36.